The first kappa shape index (κ1) is 61.2. The van der Waals surface area contributed by atoms with Crippen LogP contribution >= 0.6 is 37.2 Å². The quantitative estimate of drug-likeness (QED) is 0.636. The molecule has 0 bridgehead atoms. The molecule has 0 aromatic heterocycles. The van der Waals surface area contributed by atoms with Crippen molar-refractivity contribution in [3.8, 4) is 0 Å². The summed E-state index contributed by atoms with van der Waals surface area (Å²) in [6, 6.07) is 0. The van der Waals surface area contributed by atoms with E-state index in [9.17, 15) is 0 Å². The summed E-state index contributed by atoms with van der Waals surface area (Å²) in [7, 11) is 0. The Morgan fingerprint density at radius 1 is 0.667 bits per heavy atom. The van der Waals surface area contributed by atoms with Gasteiger partial charge in [0.1, 0.15) is 0 Å². The van der Waals surface area contributed by atoms with Crippen LogP contribution in [-0.2, 0) is 21.1 Å². The molecule has 0 amide bonds. The molecule has 3 N–H and O–H groups in total. The molecule has 1 nitrogen and oxygen atoms in total. The van der Waals surface area contributed by atoms with Gasteiger partial charge in [-0.2, -0.15) is 0 Å². The second kappa shape index (κ2) is 41.9. The molecule has 6 heavy (non-hydrogen) atoms. The Bertz CT molecular complexity index is 10.8. The van der Waals surface area contributed by atoms with E-state index in [2.05, 4.69) is 0 Å². The van der Waals surface area contributed by atoms with E-state index in [0.717, 1.165) is 0 Å². The van der Waals surface area contributed by atoms with E-state index < -0.39 is 0 Å². The largest absolute Gasteiger partial charge is 0 e. The molecule has 0 fully saturated rings. The van der Waals surface area contributed by atoms with Crippen LogP contribution in [0.2, 0.25) is 0 Å². The fourth-order valence-corrected chi connectivity index (χ4v) is 0. The fraction of sp³-hybridized carbons (Fsp3) is 0. The molecule has 44 valence electrons. The Labute approximate surface area is 113 Å². The molecule has 0 saturated heterocycles. The third kappa shape index (κ3) is 27.2. The molecule has 0 rings (SSSR count). The summed E-state index contributed by atoms with van der Waals surface area (Å²) in [4.78, 5) is 0. The molecule has 0 radical (unpaired) electrons. The van der Waals surface area contributed by atoms with Crippen LogP contribution in [0.1, 0.15) is 0 Å². The van der Waals surface area contributed by atoms with E-state index in [1.54, 1.807) is 0 Å². The van der Waals surface area contributed by atoms with E-state index in [0.29, 0.717) is 0 Å². The zero-order valence-corrected chi connectivity index (χ0v) is 6.97. The maximum absolute atomic E-state index is 0. The molecule has 0 aliphatic carbocycles. The van der Waals surface area contributed by atoms with Crippen LogP contribution in [-0.4, -0.2) is 51.4 Å². The summed E-state index contributed by atoms with van der Waals surface area (Å²) in [6.07, 6.45) is 0. The van der Waals surface area contributed by atoms with Crippen LogP contribution in [0.4, 0.5) is 0 Å². The number of hydrogen-bond donors (Lipinski definition) is 1. The Hall–Kier alpha value is 3.15. The van der Waals surface area contributed by atoms with Crippen molar-refractivity contribution in [2.24, 2.45) is 0 Å². The second-order valence-corrected chi connectivity index (χ2v) is 0. The molecule has 0 aromatic carbocycles. The van der Waals surface area contributed by atoms with Gasteiger partial charge in [-0.1, -0.05) is 0 Å². The molecule has 0 heterocycles. The standard InChI is InChI=1S/3ClH.K.H3N.Pt.H/h3*1H;;1H3;;. The van der Waals surface area contributed by atoms with Gasteiger partial charge in [-0.05, 0) is 0 Å². The van der Waals surface area contributed by atoms with E-state index in [1.807, 2.05) is 0 Å². The molecule has 0 saturated carbocycles. The van der Waals surface area contributed by atoms with E-state index >= 15 is 0 Å². The van der Waals surface area contributed by atoms with Crippen molar-refractivity contribution in [1.82, 2.24) is 6.15 Å². The average Bonchev–Trinajstić information content (AvgIpc) is 0. The van der Waals surface area contributed by atoms with Crippen LogP contribution in [0.5, 0.6) is 0 Å². The van der Waals surface area contributed by atoms with Crippen molar-refractivity contribution >= 4 is 88.6 Å². The van der Waals surface area contributed by atoms with Gasteiger partial charge in [-0.25, -0.2) is 0 Å². The second-order valence-electron chi connectivity index (χ2n) is 0. The molecule has 0 aliphatic rings. The van der Waals surface area contributed by atoms with Gasteiger partial charge in [0.25, 0.3) is 0 Å². The third-order valence-corrected chi connectivity index (χ3v) is 0. The summed E-state index contributed by atoms with van der Waals surface area (Å²) >= 11 is 0. The number of rotatable bonds is 0. The maximum atomic E-state index is 0. The monoisotopic (exact) mass is 360 g/mol. The molecule has 0 aromatic rings. The van der Waals surface area contributed by atoms with E-state index in [4.69, 9.17) is 0 Å². The Kier molecular flexibility index (Phi) is 428. The minimum absolute atomic E-state index is 0. The van der Waals surface area contributed by atoms with Crippen molar-refractivity contribution in [2.75, 3.05) is 0 Å². The first-order valence-electron chi connectivity index (χ1n) is 0. The van der Waals surface area contributed by atoms with Gasteiger partial charge in [0.05, 0.1) is 0 Å². The Morgan fingerprint density at radius 3 is 0.667 bits per heavy atom. The van der Waals surface area contributed by atoms with Crippen LogP contribution in [0.3, 0.4) is 0 Å². The zero-order valence-electron chi connectivity index (χ0n) is 2.25. The van der Waals surface area contributed by atoms with E-state index in [1.165, 1.54) is 0 Å². The van der Waals surface area contributed by atoms with Gasteiger partial charge >= 0.3 is 51.4 Å². The Balaban J connectivity index is 0. The summed E-state index contributed by atoms with van der Waals surface area (Å²) in [5.41, 5.74) is 0. The SMILES string of the molecule is Cl.Cl.Cl.N.[KH].[Pt]. The van der Waals surface area contributed by atoms with E-state index in [-0.39, 0.29) is 116 Å². The zero-order chi connectivity index (χ0) is 0. The minimum atomic E-state index is 0. The Morgan fingerprint density at radius 2 is 0.667 bits per heavy atom. The predicted octanol–water partition coefficient (Wildman–Crippen LogP) is 0.776. The van der Waals surface area contributed by atoms with Crippen LogP contribution < -0.4 is 6.15 Å². The first-order chi connectivity index (χ1) is 0. The van der Waals surface area contributed by atoms with Gasteiger partial charge in [-0.3, -0.25) is 0 Å². The van der Waals surface area contributed by atoms with Crippen LogP contribution in [0, 0.1) is 0 Å². The van der Waals surface area contributed by atoms with Gasteiger partial charge in [0.15, 0.2) is 0 Å². The summed E-state index contributed by atoms with van der Waals surface area (Å²) in [6.45, 7) is 0. The molecule has 0 spiro atoms. The van der Waals surface area contributed by atoms with Crippen molar-refractivity contribution in [2.45, 2.75) is 0 Å². The van der Waals surface area contributed by atoms with Gasteiger partial charge < -0.3 is 6.15 Å². The normalized spacial score (nSPS) is 0. The molecular weight excluding hydrogens is 355 g/mol. The molecule has 0 aliphatic heterocycles. The van der Waals surface area contributed by atoms with Crippen molar-refractivity contribution < 1.29 is 21.1 Å². The molecule has 0 unspecified atom stereocenters. The predicted molar refractivity (Wildman–Crippen MR) is 33.9 cm³/mol. The number of hydrogen-bond acceptors (Lipinski definition) is 1. The maximum Gasteiger partial charge on any atom is 0 e. The van der Waals surface area contributed by atoms with Crippen molar-refractivity contribution in [3.05, 3.63) is 0 Å². The number of halogens is 3. The van der Waals surface area contributed by atoms with Crippen molar-refractivity contribution in [3.63, 3.8) is 0 Å². The van der Waals surface area contributed by atoms with Crippen LogP contribution in [0.15, 0.2) is 0 Å². The topological polar surface area (TPSA) is 35.0 Å². The smallest absolute Gasteiger partial charge is 0 e. The van der Waals surface area contributed by atoms with Crippen LogP contribution in [0.25, 0.3) is 0 Å². The minimum Gasteiger partial charge on any atom is 0 e. The first-order valence-corrected chi connectivity index (χ1v) is 0. The van der Waals surface area contributed by atoms with Crippen molar-refractivity contribution in [1.29, 1.82) is 0 Å². The summed E-state index contributed by atoms with van der Waals surface area (Å²) < 4.78 is 0. The fourth-order valence-electron chi connectivity index (χ4n) is 0. The van der Waals surface area contributed by atoms with Gasteiger partial charge in [0.2, 0.25) is 0 Å². The van der Waals surface area contributed by atoms with Gasteiger partial charge in [0, 0.05) is 21.1 Å². The average molecular weight is 362 g/mol. The van der Waals surface area contributed by atoms with Gasteiger partial charge in [-0.15, -0.1) is 37.2 Å². The third-order valence-electron chi connectivity index (χ3n) is 0. The molecular formula is H7Cl3KNPt. The summed E-state index contributed by atoms with van der Waals surface area (Å²) in [5.74, 6) is 0. The molecule has 0 atom stereocenters. The molecule has 6 heteroatoms. The summed E-state index contributed by atoms with van der Waals surface area (Å²) in [5, 5.41) is 0.